The molecule has 0 aliphatic rings. The van der Waals surface area contributed by atoms with Gasteiger partial charge in [-0.2, -0.15) is 0 Å². The number of ether oxygens (including phenoxy) is 1. The summed E-state index contributed by atoms with van der Waals surface area (Å²) in [6, 6.07) is 11.5. The molecule has 0 bridgehead atoms. The number of hydrogen-bond donors (Lipinski definition) is 1. The summed E-state index contributed by atoms with van der Waals surface area (Å²) >= 11 is 0. The Morgan fingerprint density at radius 3 is 2.72 bits per heavy atom. The van der Waals surface area contributed by atoms with Crippen molar-refractivity contribution in [1.29, 1.82) is 0 Å². The van der Waals surface area contributed by atoms with Gasteiger partial charge in [0.2, 0.25) is 0 Å². The van der Waals surface area contributed by atoms with E-state index < -0.39 is 0 Å². The van der Waals surface area contributed by atoms with Crippen molar-refractivity contribution >= 4 is 17.1 Å². The van der Waals surface area contributed by atoms with Crippen LogP contribution < -0.4 is 4.74 Å². The average Bonchev–Trinajstić information content (AvgIpc) is 2.43. The Balaban J connectivity index is 2.24. The molecule has 0 unspecified atom stereocenters. The van der Waals surface area contributed by atoms with Crippen molar-refractivity contribution in [1.82, 2.24) is 0 Å². The zero-order valence-electron chi connectivity index (χ0n) is 10.1. The molecule has 0 atom stereocenters. The zero-order chi connectivity index (χ0) is 12.8. The number of rotatable bonds is 6. The van der Waals surface area contributed by atoms with Gasteiger partial charge in [-0.1, -0.05) is 30.3 Å². The Hall–Kier alpha value is -1.87. The number of aldehydes is 1. The van der Waals surface area contributed by atoms with E-state index in [1.54, 1.807) is 0 Å². The third kappa shape index (κ3) is 2.68. The van der Waals surface area contributed by atoms with Crippen LogP contribution in [0.4, 0.5) is 0 Å². The molecular formula is C15H16O3. The van der Waals surface area contributed by atoms with Gasteiger partial charge in [0.15, 0.2) is 6.29 Å². The lowest BCUT2D eigenvalue weighted by Gasteiger charge is -2.10. The van der Waals surface area contributed by atoms with Crippen molar-refractivity contribution < 1.29 is 14.6 Å². The molecule has 2 aromatic rings. The first-order valence-electron chi connectivity index (χ1n) is 6.07. The van der Waals surface area contributed by atoms with Crippen LogP contribution in [0.15, 0.2) is 36.4 Å². The molecule has 2 aromatic carbocycles. The highest BCUT2D eigenvalue weighted by molar-refractivity contribution is 6.00. The number of carbonyl (C=O) groups excluding carboxylic acids is 1. The molecular weight excluding hydrogens is 228 g/mol. The fourth-order valence-corrected chi connectivity index (χ4v) is 1.92. The summed E-state index contributed by atoms with van der Waals surface area (Å²) in [6.45, 7) is 0.682. The van der Waals surface area contributed by atoms with Gasteiger partial charge in [0, 0.05) is 6.61 Å². The van der Waals surface area contributed by atoms with Gasteiger partial charge < -0.3 is 9.84 Å². The Bertz CT molecular complexity index is 534. The van der Waals surface area contributed by atoms with Crippen LogP contribution in [0, 0.1) is 0 Å². The van der Waals surface area contributed by atoms with Crippen LogP contribution in [-0.4, -0.2) is 24.6 Å². The molecule has 94 valence electrons. The van der Waals surface area contributed by atoms with Gasteiger partial charge in [0.05, 0.1) is 12.2 Å². The standard InChI is InChI=1S/C15H16O3/c16-9-3-4-10-18-15-8-7-12-5-1-2-6-13(12)14(15)11-17/h1-2,5-8,11,16H,3-4,9-10H2. The number of fused-ring (bicyclic) bond motifs is 1. The first-order chi connectivity index (χ1) is 8.86. The number of unbranched alkanes of at least 4 members (excludes halogenated alkanes) is 1. The molecule has 3 nitrogen and oxygen atoms in total. The van der Waals surface area contributed by atoms with Crippen molar-refractivity contribution in [2.24, 2.45) is 0 Å². The van der Waals surface area contributed by atoms with Gasteiger partial charge in [0.25, 0.3) is 0 Å². The fourth-order valence-electron chi connectivity index (χ4n) is 1.92. The SMILES string of the molecule is O=Cc1c(OCCCCO)ccc2ccccc12. The third-order valence-electron chi connectivity index (χ3n) is 2.86. The number of hydrogen-bond acceptors (Lipinski definition) is 3. The molecule has 0 aromatic heterocycles. The van der Waals surface area contributed by atoms with E-state index in [9.17, 15) is 4.79 Å². The van der Waals surface area contributed by atoms with E-state index in [0.717, 1.165) is 23.5 Å². The van der Waals surface area contributed by atoms with E-state index >= 15 is 0 Å². The van der Waals surface area contributed by atoms with Gasteiger partial charge >= 0.3 is 0 Å². The summed E-state index contributed by atoms with van der Waals surface area (Å²) in [7, 11) is 0. The molecule has 3 heteroatoms. The zero-order valence-corrected chi connectivity index (χ0v) is 10.1. The van der Waals surface area contributed by atoms with Crippen molar-refractivity contribution in [3.05, 3.63) is 42.0 Å². The molecule has 0 aliphatic carbocycles. The van der Waals surface area contributed by atoms with Crippen molar-refractivity contribution in [3.8, 4) is 5.75 Å². The lowest BCUT2D eigenvalue weighted by molar-refractivity contribution is 0.112. The molecule has 0 spiro atoms. The van der Waals surface area contributed by atoms with Crippen LogP contribution in [0.1, 0.15) is 23.2 Å². The molecule has 0 heterocycles. The third-order valence-corrected chi connectivity index (χ3v) is 2.86. The van der Waals surface area contributed by atoms with E-state index in [0.29, 0.717) is 24.3 Å². The van der Waals surface area contributed by atoms with Crippen LogP contribution in [0.25, 0.3) is 10.8 Å². The maximum atomic E-state index is 11.2. The maximum Gasteiger partial charge on any atom is 0.154 e. The van der Waals surface area contributed by atoms with E-state index in [2.05, 4.69) is 0 Å². The first kappa shape index (κ1) is 12.6. The quantitative estimate of drug-likeness (QED) is 0.628. The minimum absolute atomic E-state index is 0.168. The molecule has 0 radical (unpaired) electrons. The lowest BCUT2D eigenvalue weighted by Crippen LogP contribution is -2.01. The molecule has 1 N–H and O–H groups in total. The Morgan fingerprint density at radius 1 is 1.11 bits per heavy atom. The second-order valence-electron chi connectivity index (χ2n) is 4.10. The van der Waals surface area contributed by atoms with Crippen LogP contribution in [0.3, 0.4) is 0 Å². The van der Waals surface area contributed by atoms with Gasteiger partial charge in [-0.05, 0) is 29.7 Å². The molecule has 0 saturated carbocycles. The van der Waals surface area contributed by atoms with Crippen molar-refractivity contribution in [2.45, 2.75) is 12.8 Å². The van der Waals surface area contributed by atoms with Gasteiger partial charge in [0.1, 0.15) is 5.75 Å². The largest absolute Gasteiger partial charge is 0.493 e. The van der Waals surface area contributed by atoms with Crippen LogP contribution in [-0.2, 0) is 0 Å². The number of carbonyl (C=O) groups is 1. The molecule has 0 saturated heterocycles. The normalized spacial score (nSPS) is 10.5. The topological polar surface area (TPSA) is 46.5 Å². The van der Waals surface area contributed by atoms with E-state index in [1.165, 1.54) is 0 Å². The predicted molar refractivity (Wildman–Crippen MR) is 71.2 cm³/mol. The number of aliphatic hydroxyl groups excluding tert-OH is 1. The summed E-state index contributed by atoms with van der Waals surface area (Å²) in [6.07, 6.45) is 2.33. The highest BCUT2D eigenvalue weighted by Gasteiger charge is 2.07. The highest BCUT2D eigenvalue weighted by Crippen LogP contribution is 2.26. The number of benzene rings is 2. The predicted octanol–water partition coefficient (Wildman–Crippen LogP) is 2.80. The van der Waals surface area contributed by atoms with E-state index in [-0.39, 0.29) is 6.61 Å². The summed E-state index contributed by atoms with van der Waals surface area (Å²) < 4.78 is 5.60. The summed E-state index contributed by atoms with van der Waals surface area (Å²) in [5.41, 5.74) is 0.595. The van der Waals surface area contributed by atoms with Crippen LogP contribution in [0.5, 0.6) is 5.75 Å². The summed E-state index contributed by atoms with van der Waals surface area (Å²) in [5, 5.41) is 10.6. The molecule has 2 rings (SSSR count). The number of aliphatic hydroxyl groups is 1. The Kier molecular flexibility index (Phi) is 4.31. The molecule has 18 heavy (non-hydrogen) atoms. The second kappa shape index (κ2) is 6.17. The lowest BCUT2D eigenvalue weighted by atomic mass is 10.0. The smallest absolute Gasteiger partial charge is 0.154 e. The van der Waals surface area contributed by atoms with E-state index in [4.69, 9.17) is 9.84 Å². The van der Waals surface area contributed by atoms with Gasteiger partial charge in [-0.15, -0.1) is 0 Å². The van der Waals surface area contributed by atoms with Crippen molar-refractivity contribution in [2.75, 3.05) is 13.2 Å². The first-order valence-corrected chi connectivity index (χ1v) is 6.07. The minimum atomic E-state index is 0.168. The Morgan fingerprint density at radius 2 is 1.94 bits per heavy atom. The minimum Gasteiger partial charge on any atom is -0.493 e. The monoisotopic (exact) mass is 244 g/mol. The fraction of sp³-hybridized carbons (Fsp3) is 0.267. The molecule has 0 aliphatic heterocycles. The van der Waals surface area contributed by atoms with Gasteiger partial charge in [-0.25, -0.2) is 0 Å². The maximum absolute atomic E-state index is 11.2. The van der Waals surface area contributed by atoms with Crippen LogP contribution in [0.2, 0.25) is 0 Å². The highest BCUT2D eigenvalue weighted by atomic mass is 16.5. The second-order valence-corrected chi connectivity index (χ2v) is 4.10. The van der Waals surface area contributed by atoms with Crippen LogP contribution >= 0.6 is 0 Å². The van der Waals surface area contributed by atoms with Crippen molar-refractivity contribution in [3.63, 3.8) is 0 Å². The summed E-state index contributed by atoms with van der Waals surface area (Å²) in [5.74, 6) is 0.613. The Labute approximate surface area is 106 Å². The summed E-state index contributed by atoms with van der Waals surface area (Å²) in [4.78, 5) is 11.2. The molecule has 0 amide bonds. The van der Waals surface area contributed by atoms with E-state index in [1.807, 2.05) is 36.4 Å². The van der Waals surface area contributed by atoms with Gasteiger partial charge in [-0.3, -0.25) is 4.79 Å². The molecule has 0 fully saturated rings. The average molecular weight is 244 g/mol.